The van der Waals surface area contributed by atoms with Crippen molar-refractivity contribution in [1.82, 2.24) is 0 Å². The van der Waals surface area contributed by atoms with Crippen molar-refractivity contribution in [2.45, 2.75) is 19.3 Å². The average molecular weight is 286 g/mol. The van der Waals surface area contributed by atoms with Crippen LogP contribution in [0.5, 0.6) is 0 Å². The molecule has 0 bridgehead atoms. The van der Waals surface area contributed by atoms with Gasteiger partial charge in [-0.25, -0.2) is 0 Å². The zero-order chi connectivity index (χ0) is 7.71. The van der Waals surface area contributed by atoms with E-state index in [1.54, 1.807) is 11.1 Å². The Morgan fingerprint density at radius 1 is 0.833 bits per heavy atom. The van der Waals surface area contributed by atoms with Gasteiger partial charge in [-0.1, -0.05) is 0 Å². The van der Waals surface area contributed by atoms with E-state index in [0.717, 1.165) is 39.5 Å². The van der Waals surface area contributed by atoms with Gasteiger partial charge in [-0.3, -0.25) is 0 Å². The summed E-state index contributed by atoms with van der Waals surface area (Å²) in [7, 11) is 0. The van der Waals surface area contributed by atoms with Crippen molar-refractivity contribution in [3.63, 3.8) is 0 Å². The van der Waals surface area contributed by atoms with Crippen LogP contribution in [-0.2, 0) is 0 Å². The molecule has 0 radical (unpaired) electrons. The first-order valence-electron chi connectivity index (χ1n) is 4.35. The van der Waals surface area contributed by atoms with Crippen LogP contribution in [0.25, 0.3) is 0 Å². The predicted molar refractivity (Wildman–Crippen MR) is 50.9 cm³/mol. The maximum atomic E-state index is 2.38. The second-order valence-electron chi connectivity index (χ2n) is 3.67. The maximum absolute atomic E-state index is 2.38. The molecule has 2 heteroatoms. The Kier molecular flexibility index (Phi) is 1.12. The fraction of sp³-hybridized carbons (Fsp3) is 0.400. The Hall–Kier alpha value is 0.259. The first-order chi connectivity index (χ1) is 5.95. The Morgan fingerprint density at radius 3 is 1.83 bits per heavy atom. The molecule has 4 atom stereocenters. The van der Waals surface area contributed by atoms with Gasteiger partial charge in [0.2, 0.25) is 0 Å². The van der Waals surface area contributed by atoms with Crippen molar-refractivity contribution >= 4 is 29.9 Å². The molecule has 0 nitrogen and oxygen atoms in total. The third-order valence-corrected chi connectivity index (χ3v) is 9.76. The van der Waals surface area contributed by atoms with Crippen LogP contribution < -0.4 is 0 Å². The van der Waals surface area contributed by atoms with Gasteiger partial charge in [0.1, 0.15) is 0 Å². The topological polar surface area (TPSA) is 0 Å². The van der Waals surface area contributed by atoms with Crippen LogP contribution in [0.3, 0.4) is 0 Å². The van der Waals surface area contributed by atoms with Crippen LogP contribution in [0.4, 0.5) is 0 Å². The molecule has 0 saturated carbocycles. The molecule has 1 aromatic rings. The summed E-state index contributed by atoms with van der Waals surface area (Å²) in [6.45, 7) is 0. The van der Waals surface area contributed by atoms with E-state index in [9.17, 15) is 0 Å². The summed E-state index contributed by atoms with van der Waals surface area (Å²) in [6.07, 6.45) is 0. The Balaban J connectivity index is 1.99. The second-order valence-corrected chi connectivity index (χ2v) is 9.23. The molecular formula is C10H8Se2. The third kappa shape index (κ3) is 0.707. The molecular weight excluding hydrogens is 278 g/mol. The average Bonchev–Trinajstić information content (AvgIpc) is 2.98. The number of hydrogen-bond donors (Lipinski definition) is 0. The van der Waals surface area contributed by atoms with Crippen molar-refractivity contribution in [3.8, 4) is 0 Å². The minimum atomic E-state index is 0.994. The van der Waals surface area contributed by atoms with Gasteiger partial charge in [0.15, 0.2) is 0 Å². The van der Waals surface area contributed by atoms with Crippen LogP contribution in [-0.4, -0.2) is 29.9 Å². The zero-order valence-electron chi connectivity index (χ0n) is 6.44. The van der Waals surface area contributed by atoms with E-state index in [1.807, 2.05) is 0 Å². The number of hydrogen-bond acceptors (Lipinski definition) is 0. The van der Waals surface area contributed by atoms with E-state index >= 15 is 0 Å². The Labute approximate surface area is 84.4 Å². The van der Waals surface area contributed by atoms with Crippen molar-refractivity contribution in [2.75, 3.05) is 0 Å². The number of rotatable bonds is 0. The molecule has 1 aliphatic carbocycles. The van der Waals surface area contributed by atoms with Crippen molar-refractivity contribution < 1.29 is 0 Å². The third-order valence-electron chi connectivity index (χ3n) is 2.98. The summed E-state index contributed by atoms with van der Waals surface area (Å²) in [4.78, 5) is 4.49. The molecule has 0 amide bonds. The van der Waals surface area contributed by atoms with Crippen LogP contribution in [0.2, 0.25) is 9.63 Å². The number of benzene rings is 1. The quantitative estimate of drug-likeness (QED) is 0.638. The predicted octanol–water partition coefficient (Wildman–Crippen LogP) is 1.79. The molecule has 2 heterocycles. The molecule has 2 fully saturated rings. The Morgan fingerprint density at radius 2 is 1.33 bits per heavy atom. The van der Waals surface area contributed by atoms with Crippen molar-refractivity contribution in [1.29, 1.82) is 0 Å². The van der Waals surface area contributed by atoms with Gasteiger partial charge in [-0.05, 0) is 0 Å². The minimum absolute atomic E-state index is 0.994. The molecule has 60 valence electrons. The molecule has 12 heavy (non-hydrogen) atoms. The van der Waals surface area contributed by atoms with Crippen molar-refractivity contribution in [2.24, 2.45) is 0 Å². The van der Waals surface area contributed by atoms with E-state index in [0.29, 0.717) is 0 Å². The normalized spacial score (nSPS) is 45.7. The fourth-order valence-electron chi connectivity index (χ4n) is 2.28. The van der Waals surface area contributed by atoms with Gasteiger partial charge in [0.25, 0.3) is 0 Å². The molecule has 2 saturated heterocycles. The molecule has 3 aliphatic rings. The fourth-order valence-corrected chi connectivity index (χ4v) is 9.87. The number of fused-ring (bicyclic) bond motifs is 6. The standard InChI is InChI=1S/C10H8Se2/c1-2-4-6-5(3-1)7-9(11-7)10-8(6)12-10/h1-4,7-10H. The van der Waals surface area contributed by atoms with E-state index in [-0.39, 0.29) is 0 Å². The summed E-state index contributed by atoms with van der Waals surface area (Å²) >= 11 is 1.99. The molecule has 4 rings (SSSR count). The van der Waals surface area contributed by atoms with Crippen LogP contribution in [0.15, 0.2) is 24.3 Å². The van der Waals surface area contributed by atoms with Gasteiger partial charge in [-0.15, -0.1) is 0 Å². The molecule has 2 aliphatic heterocycles. The SMILES string of the molecule is c1ccc2c(c1)C1[Se]C1C1[Se]C21. The summed E-state index contributed by atoms with van der Waals surface area (Å²) in [5.41, 5.74) is 3.48. The molecule has 0 aromatic heterocycles. The molecule has 0 spiro atoms. The van der Waals surface area contributed by atoms with E-state index < -0.39 is 0 Å². The van der Waals surface area contributed by atoms with Crippen LogP contribution in [0.1, 0.15) is 20.8 Å². The summed E-state index contributed by atoms with van der Waals surface area (Å²) in [6, 6.07) is 9.21. The summed E-state index contributed by atoms with van der Waals surface area (Å²) in [5, 5.41) is 0. The van der Waals surface area contributed by atoms with Gasteiger partial charge in [-0.2, -0.15) is 0 Å². The summed E-state index contributed by atoms with van der Waals surface area (Å²) < 4.78 is 0. The van der Waals surface area contributed by atoms with Gasteiger partial charge in [0.05, 0.1) is 0 Å². The molecule has 1 aromatic carbocycles. The van der Waals surface area contributed by atoms with Gasteiger partial charge in [0, 0.05) is 0 Å². The first kappa shape index (κ1) is 6.67. The van der Waals surface area contributed by atoms with E-state index in [2.05, 4.69) is 24.3 Å². The molecule has 4 unspecified atom stereocenters. The summed E-state index contributed by atoms with van der Waals surface area (Å²) in [5.74, 6) is 0. The van der Waals surface area contributed by atoms with Crippen LogP contribution in [0, 0.1) is 0 Å². The van der Waals surface area contributed by atoms with Gasteiger partial charge >= 0.3 is 84.6 Å². The Bertz CT molecular complexity index is 326. The van der Waals surface area contributed by atoms with Gasteiger partial charge < -0.3 is 0 Å². The van der Waals surface area contributed by atoms with Crippen LogP contribution >= 0.6 is 0 Å². The first-order valence-corrected chi connectivity index (χ1v) is 8.30. The van der Waals surface area contributed by atoms with Crippen molar-refractivity contribution in [3.05, 3.63) is 35.4 Å². The second kappa shape index (κ2) is 2.01. The monoisotopic (exact) mass is 288 g/mol. The molecule has 0 N–H and O–H groups in total. The van der Waals surface area contributed by atoms with E-state index in [4.69, 9.17) is 0 Å². The zero-order valence-corrected chi connectivity index (χ0v) is 9.86. The van der Waals surface area contributed by atoms with E-state index in [1.165, 1.54) is 9.63 Å².